The molecule has 1 heterocycles. The van der Waals surface area contributed by atoms with Crippen LogP contribution in [0.5, 0.6) is 0 Å². The van der Waals surface area contributed by atoms with Gasteiger partial charge in [-0.25, -0.2) is 13.8 Å². The third-order valence-corrected chi connectivity index (χ3v) is 2.80. The molecule has 0 saturated heterocycles. The van der Waals surface area contributed by atoms with Crippen molar-refractivity contribution >= 4 is 5.78 Å². The zero-order valence-corrected chi connectivity index (χ0v) is 8.41. The van der Waals surface area contributed by atoms with E-state index in [0.717, 1.165) is 0 Å². The van der Waals surface area contributed by atoms with Gasteiger partial charge in [0.25, 0.3) is 0 Å². The van der Waals surface area contributed by atoms with Crippen molar-refractivity contribution in [1.82, 2.24) is 9.55 Å². The van der Waals surface area contributed by atoms with Crippen LogP contribution in [0.15, 0.2) is 12.4 Å². The van der Waals surface area contributed by atoms with Crippen molar-refractivity contribution in [2.24, 2.45) is 13.0 Å². The van der Waals surface area contributed by atoms with Gasteiger partial charge in [0.05, 0.1) is 6.42 Å². The molecule has 0 spiro atoms. The quantitative estimate of drug-likeness (QED) is 0.765. The number of aromatic nitrogens is 2. The highest BCUT2D eigenvalue weighted by Gasteiger charge is 2.48. The van der Waals surface area contributed by atoms with E-state index >= 15 is 0 Å². The van der Waals surface area contributed by atoms with Gasteiger partial charge in [-0.15, -0.1) is 0 Å². The number of hydrogen-bond acceptors (Lipinski definition) is 2. The molecule has 0 N–H and O–H groups in total. The van der Waals surface area contributed by atoms with Crippen LogP contribution in [-0.2, 0) is 18.3 Å². The van der Waals surface area contributed by atoms with Gasteiger partial charge in [0, 0.05) is 38.2 Å². The van der Waals surface area contributed by atoms with Crippen LogP contribution in [0.1, 0.15) is 18.7 Å². The first kappa shape index (κ1) is 10.3. The van der Waals surface area contributed by atoms with Crippen molar-refractivity contribution in [3.63, 3.8) is 0 Å². The molecule has 2 rings (SSSR count). The van der Waals surface area contributed by atoms with Gasteiger partial charge >= 0.3 is 0 Å². The Morgan fingerprint density at radius 2 is 2.33 bits per heavy atom. The lowest BCUT2D eigenvalue weighted by molar-refractivity contribution is -0.147. The summed E-state index contributed by atoms with van der Waals surface area (Å²) >= 11 is 0. The molecular formula is C10H12F2N2O. The normalized spacial score (nSPS) is 19.9. The second-order valence-corrected chi connectivity index (χ2v) is 4.06. The third kappa shape index (κ3) is 2.06. The fourth-order valence-electron chi connectivity index (χ4n) is 1.76. The van der Waals surface area contributed by atoms with Crippen molar-refractivity contribution < 1.29 is 13.6 Å². The van der Waals surface area contributed by atoms with Crippen molar-refractivity contribution in [2.75, 3.05) is 0 Å². The molecule has 1 fully saturated rings. The fraction of sp³-hybridized carbons (Fsp3) is 0.600. The lowest BCUT2D eigenvalue weighted by Crippen LogP contribution is -2.40. The van der Waals surface area contributed by atoms with E-state index in [9.17, 15) is 13.6 Å². The highest BCUT2D eigenvalue weighted by Crippen LogP contribution is 2.43. The van der Waals surface area contributed by atoms with Crippen molar-refractivity contribution in [3.8, 4) is 0 Å². The maximum Gasteiger partial charge on any atom is 0.249 e. The molecule has 0 aromatic carbocycles. The summed E-state index contributed by atoms with van der Waals surface area (Å²) < 4.78 is 26.8. The number of Topliss-reactive ketones (excluding diaryl/α,β-unsaturated/α-hetero) is 1. The number of nitrogens with zero attached hydrogens (tertiary/aromatic N) is 2. The van der Waals surface area contributed by atoms with Gasteiger partial charge in [-0.2, -0.15) is 0 Å². The molecule has 5 heteroatoms. The Hall–Kier alpha value is -1.26. The first-order valence-electron chi connectivity index (χ1n) is 4.85. The van der Waals surface area contributed by atoms with Gasteiger partial charge in [0.15, 0.2) is 0 Å². The lowest BCUT2D eigenvalue weighted by atomic mass is 9.77. The number of aryl methyl sites for hydroxylation is 1. The van der Waals surface area contributed by atoms with E-state index in [1.165, 1.54) is 0 Å². The average Bonchev–Trinajstić information content (AvgIpc) is 2.47. The lowest BCUT2D eigenvalue weighted by Gasteiger charge is -2.33. The molecule has 0 amide bonds. The van der Waals surface area contributed by atoms with Crippen LogP contribution >= 0.6 is 0 Å². The van der Waals surface area contributed by atoms with Crippen molar-refractivity contribution in [1.29, 1.82) is 0 Å². The van der Waals surface area contributed by atoms with Crippen LogP contribution in [0.3, 0.4) is 0 Å². The van der Waals surface area contributed by atoms with Crippen molar-refractivity contribution in [2.45, 2.75) is 25.2 Å². The van der Waals surface area contributed by atoms with Crippen LogP contribution in [0.2, 0.25) is 0 Å². The smallest absolute Gasteiger partial charge is 0.249 e. The van der Waals surface area contributed by atoms with Crippen LogP contribution in [0, 0.1) is 5.92 Å². The summed E-state index contributed by atoms with van der Waals surface area (Å²) in [5.41, 5.74) is 0. The molecule has 1 saturated carbocycles. The number of rotatable bonds is 3. The monoisotopic (exact) mass is 214 g/mol. The van der Waals surface area contributed by atoms with E-state index in [2.05, 4.69) is 4.98 Å². The minimum atomic E-state index is -2.62. The molecule has 1 aliphatic rings. The summed E-state index contributed by atoms with van der Waals surface area (Å²) in [5, 5.41) is 0. The summed E-state index contributed by atoms with van der Waals surface area (Å²) in [7, 11) is 1.78. The summed E-state index contributed by atoms with van der Waals surface area (Å²) in [5.74, 6) is -2.59. The molecule has 0 radical (unpaired) electrons. The number of carbonyl (C=O) groups is 1. The number of hydrogen-bond donors (Lipinski definition) is 0. The Kier molecular flexibility index (Phi) is 2.32. The van der Waals surface area contributed by atoms with E-state index in [1.54, 1.807) is 24.0 Å². The highest BCUT2D eigenvalue weighted by molar-refractivity contribution is 5.83. The molecule has 1 aromatic rings. The second kappa shape index (κ2) is 3.40. The molecule has 1 aromatic heterocycles. The van der Waals surface area contributed by atoms with Crippen LogP contribution in [0.4, 0.5) is 8.78 Å². The Labute approximate surface area is 86.1 Å². The van der Waals surface area contributed by atoms with E-state index < -0.39 is 11.8 Å². The summed E-state index contributed by atoms with van der Waals surface area (Å²) in [6.07, 6.45) is 2.90. The maximum absolute atomic E-state index is 12.5. The third-order valence-electron chi connectivity index (χ3n) is 2.80. The SMILES string of the molecule is Cn1ccnc1CC(=O)C1CC(F)(F)C1. The zero-order valence-electron chi connectivity index (χ0n) is 8.41. The van der Waals surface area contributed by atoms with E-state index in [4.69, 9.17) is 0 Å². The second-order valence-electron chi connectivity index (χ2n) is 4.06. The minimum absolute atomic E-state index is 0.129. The van der Waals surface area contributed by atoms with Crippen molar-refractivity contribution in [3.05, 3.63) is 18.2 Å². The van der Waals surface area contributed by atoms with Gasteiger partial charge in [-0.3, -0.25) is 4.79 Å². The van der Waals surface area contributed by atoms with Gasteiger partial charge in [0.2, 0.25) is 5.92 Å². The number of carbonyl (C=O) groups excluding carboxylic acids is 1. The number of ketones is 1. The summed E-state index contributed by atoms with van der Waals surface area (Å²) in [6.45, 7) is 0. The van der Waals surface area contributed by atoms with E-state index in [0.29, 0.717) is 5.82 Å². The molecule has 82 valence electrons. The largest absolute Gasteiger partial charge is 0.338 e. The first-order valence-corrected chi connectivity index (χ1v) is 4.85. The molecule has 1 aliphatic carbocycles. The van der Waals surface area contributed by atoms with Crippen LogP contribution < -0.4 is 0 Å². The van der Waals surface area contributed by atoms with Crippen LogP contribution in [0.25, 0.3) is 0 Å². The standard InChI is InChI=1S/C10H12F2N2O/c1-14-3-2-13-9(14)4-8(15)7-5-10(11,12)6-7/h2-3,7H,4-6H2,1H3. The number of halogens is 2. The van der Waals surface area contributed by atoms with Crippen LogP contribution in [-0.4, -0.2) is 21.3 Å². The van der Waals surface area contributed by atoms with Gasteiger partial charge in [0.1, 0.15) is 11.6 Å². The van der Waals surface area contributed by atoms with E-state index in [-0.39, 0.29) is 25.0 Å². The molecular weight excluding hydrogens is 202 g/mol. The Morgan fingerprint density at radius 1 is 1.67 bits per heavy atom. The topological polar surface area (TPSA) is 34.9 Å². The summed E-state index contributed by atoms with van der Waals surface area (Å²) in [4.78, 5) is 15.5. The zero-order chi connectivity index (χ0) is 11.1. The Balaban J connectivity index is 1.92. The minimum Gasteiger partial charge on any atom is -0.338 e. The molecule has 3 nitrogen and oxygen atoms in total. The Bertz CT molecular complexity index is 379. The molecule has 0 unspecified atom stereocenters. The highest BCUT2D eigenvalue weighted by atomic mass is 19.3. The average molecular weight is 214 g/mol. The maximum atomic E-state index is 12.5. The predicted octanol–water partition coefficient (Wildman–Crippen LogP) is 1.58. The fourth-order valence-corrected chi connectivity index (χ4v) is 1.76. The molecule has 0 atom stereocenters. The van der Waals surface area contributed by atoms with Gasteiger partial charge in [-0.1, -0.05) is 0 Å². The molecule has 0 bridgehead atoms. The first-order chi connectivity index (χ1) is 6.98. The number of alkyl halides is 2. The van der Waals surface area contributed by atoms with E-state index in [1.807, 2.05) is 0 Å². The summed E-state index contributed by atoms with van der Waals surface area (Å²) in [6, 6.07) is 0. The van der Waals surface area contributed by atoms with Gasteiger partial charge < -0.3 is 4.57 Å². The molecule has 15 heavy (non-hydrogen) atoms. The predicted molar refractivity (Wildman–Crippen MR) is 49.6 cm³/mol. The molecule has 0 aliphatic heterocycles. The Morgan fingerprint density at radius 3 is 2.80 bits per heavy atom. The van der Waals surface area contributed by atoms with Gasteiger partial charge in [-0.05, 0) is 0 Å². The number of imidazole rings is 1.